The summed E-state index contributed by atoms with van der Waals surface area (Å²) in [6, 6.07) is 56.8. The minimum Gasteiger partial charge on any atom is -0.457 e. The summed E-state index contributed by atoms with van der Waals surface area (Å²) in [6.07, 6.45) is 20.0. The molecule has 0 bridgehead atoms. The van der Waals surface area contributed by atoms with Gasteiger partial charge in [0, 0.05) is 44.8 Å². The van der Waals surface area contributed by atoms with Gasteiger partial charge in [-0.1, -0.05) is 164 Å². The van der Waals surface area contributed by atoms with Gasteiger partial charge in [0.1, 0.15) is 23.0 Å². The summed E-state index contributed by atoms with van der Waals surface area (Å²) in [7, 11) is 0. The van der Waals surface area contributed by atoms with Gasteiger partial charge >= 0.3 is 0 Å². The average molecular weight is 939 g/mol. The molecule has 334 valence electrons. The number of hydrogen-bond donors (Lipinski definition) is 0. The number of ether oxygens (including phenoxy) is 2. The zero-order valence-electron chi connectivity index (χ0n) is 37.8. The summed E-state index contributed by atoms with van der Waals surface area (Å²) in [4.78, 5) is 30.6. The van der Waals surface area contributed by atoms with Crippen molar-refractivity contribution >= 4 is 68.0 Å². The lowest BCUT2D eigenvalue weighted by molar-refractivity contribution is -0.110. The summed E-state index contributed by atoms with van der Waals surface area (Å²) >= 11 is 10.9. The molecule has 0 saturated heterocycles. The molecule has 70 heavy (non-hydrogen) atoms. The van der Waals surface area contributed by atoms with Crippen LogP contribution in [0, 0.1) is 0 Å². The summed E-state index contributed by atoms with van der Waals surface area (Å²) in [5.41, 5.74) is 13.2. The van der Waals surface area contributed by atoms with E-state index in [1.165, 1.54) is 0 Å². The number of hydrogen-bond acceptors (Lipinski definition) is 6. The molecule has 0 N–H and O–H groups in total. The van der Waals surface area contributed by atoms with E-state index in [1.54, 1.807) is 12.2 Å². The van der Waals surface area contributed by atoms with E-state index in [9.17, 15) is 9.59 Å². The molecular formula is C64H42O4S2. The largest absolute Gasteiger partial charge is 0.457 e. The summed E-state index contributed by atoms with van der Waals surface area (Å²) in [6.45, 7) is 0. The summed E-state index contributed by atoms with van der Waals surface area (Å²) < 4.78 is 13.4. The number of ketones is 2. The van der Waals surface area contributed by atoms with Gasteiger partial charge in [-0.15, -0.1) is 0 Å². The van der Waals surface area contributed by atoms with Gasteiger partial charge in [0.15, 0.2) is 11.6 Å². The van der Waals surface area contributed by atoms with Crippen LogP contribution in [-0.4, -0.2) is 21.3 Å². The van der Waals surface area contributed by atoms with E-state index < -0.39 is 0 Å². The minimum atomic E-state index is -0.0991. The molecule has 7 aromatic carbocycles. The van der Waals surface area contributed by atoms with Gasteiger partial charge in [-0.2, -0.15) is 0 Å². The van der Waals surface area contributed by atoms with Crippen LogP contribution in [0.2, 0.25) is 0 Å². The Morgan fingerprint density at radius 1 is 0.329 bits per heavy atom. The number of thiocarbonyl (C=S) groups is 2. The third-order valence-corrected chi connectivity index (χ3v) is 13.4. The number of rotatable bonds is 12. The topological polar surface area (TPSA) is 52.6 Å². The van der Waals surface area contributed by atoms with Crippen molar-refractivity contribution in [2.45, 2.75) is 12.8 Å². The van der Waals surface area contributed by atoms with Crippen LogP contribution < -0.4 is 9.47 Å². The highest BCUT2D eigenvalue weighted by molar-refractivity contribution is 7.81. The maximum Gasteiger partial charge on any atom is 0.187 e. The molecule has 6 heteroatoms. The van der Waals surface area contributed by atoms with Crippen LogP contribution in [0.5, 0.6) is 11.5 Å². The highest BCUT2D eigenvalue weighted by Gasteiger charge is 2.29. The third-order valence-electron chi connectivity index (χ3n) is 12.8. The molecule has 0 unspecified atom stereocenters. The predicted molar refractivity (Wildman–Crippen MR) is 293 cm³/mol. The lowest BCUT2D eigenvalue weighted by atomic mass is 9.85. The predicted octanol–water partition coefficient (Wildman–Crippen LogP) is 15.6. The molecule has 4 aliphatic rings. The van der Waals surface area contributed by atoms with Crippen molar-refractivity contribution in [3.05, 3.63) is 264 Å². The molecule has 0 radical (unpaired) electrons. The van der Waals surface area contributed by atoms with Gasteiger partial charge in [0.05, 0.1) is 0 Å². The smallest absolute Gasteiger partial charge is 0.187 e. The Bertz CT molecular complexity index is 3330. The van der Waals surface area contributed by atoms with Gasteiger partial charge in [-0.3, -0.25) is 9.59 Å². The second kappa shape index (κ2) is 19.3. The van der Waals surface area contributed by atoms with E-state index >= 15 is 0 Å². The van der Waals surface area contributed by atoms with Crippen molar-refractivity contribution in [1.29, 1.82) is 0 Å². The Balaban J connectivity index is 1.08. The Morgan fingerprint density at radius 2 is 0.686 bits per heavy atom. The zero-order valence-corrected chi connectivity index (χ0v) is 39.4. The fraction of sp³-hybridized carbons (Fsp3) is 0.0312. The molecule has 4 aliphatic carbocycles. The second-order valence-corrected chi connectivity index (χ2v) is 18.3. The summed E-state index contributed by atoms with van der Waals surface area (Å²) in [5.74, 6) is 2.54. The first-order valence-corrected chi connectivity index (χ1v) is 24.0. The molecule has 0 atom stereocenters. The zero-order chi connectivity index (χ0) is 47.6. The van der Waals surface area contributed by atoms with Crippen molar-refractivity contribution in [1.82, 2.24) is 0 Å². The Kier molecular flexibility index (Phi) is 12.2. The number of allylic oxidation sites excluding steroid dienone is 14. The highest BCUT2D eigenvalue weighted by atomic mass is 32.1. The van der Waals surface area contributed by atoms with Crippen LogP contribution in [0.15, 0.2) is 242 Å². The lowest BCUT2D eigenvalue weighted by Gasteiger charge is -2.20. The monoisotopic (exact) mass is 938 g/mol. The second-order valence-electron chi connectivity index (χ2n) is 17.2. The quantitative estimate of drug-likeness (QED) is 0.114. The van der Waals surface area contributed by atoms with Crippen molar-refractivity contribution in [3.8, 4) is 56.0 Å². The molecule has 0 aliphatic heterocycles. The van der Waals surface area contributed by atoms with Gasteiger partial charge < -0.3 is 9.47 Å². The molecule has 7 aromatic rings. The van der Waals surface area contributed by atoms with Crippen LogP contribution in [-0.2, 0) is 9.59 Å². The van der Waals surface area contributed by atoms with Gasteiger partial charge in [-0.25, -0.2) is 0 Å². The maximum atomic E-state index is 14.4. The van der Waals surface area contributed by atoms with Crippen LogP contribution in [0.4, 0.5) is 0 Å². The van der Waals surface area contributed by atoms with Crippen molar-refractivity contribution in [2.75, 3.05) is 0 Å². The van der Waals surface area contributed by atoms with E-state index in [2.05, 4.69) is 78.9 Å². The Labute approximate surface area is 418 Å². The SMILES string of the molecule is O=C1C=CC(c2cccc(C3=C(c4cc(-c5ccccc5)c(OC5=CCC(=S)C=C5)cc4-c4ccccc4)C(=O)C=C3)c2)=C1c1cc(-c2ccccc2)c(OC2=CCC(=S)C=C2)cc1-c1ccccc1. The normalized spacial score (nSPS) is 15.3. The van der Waals surface area contributed by atoms with Gasteiger partial charge in [-0.05, 0) is 158 Å². The maximum absolute atomic E-state index is 14.4. The number of carbonyl (C=O) groups is 2. The third kappa shape index (κ3) is 8.90. The van der Waals surface area contributed by atoms with Crippen LogP contribution in [0.3, 0.4) is 0 Å². The minimum absolute atomic E-state index is 0.0991. The van der Waals surface area contributed by atoms with E-state index in [1.807, 2.05) is 140 Å². The molecule has 0 amide bonds. The van der Waals surface area contributed by atoms with E-state index in [0.717, 1.165) is 87.6 Å². The fourth-order valence-electron chi connectivity index (χ4n) is 9.38. The van der Waals surface area contributed by atoms with E-state index in [4.69, 9.17) is 33.9 Å². The Morgan fingerprint density at radius 3 is 1.04 bits per heavy atom. The van der Waals surface area contributed by atoms with E-state index in [-0.39, 0.29) is 11.6 Å². The first-order valence-electron chi connectivity index (χ1n) is 23.2. The van der Waals surface area contributed by atoms with Crippen molar-refractivity contribution < 1.29 is 19.1 Å². The lowest BCUT2D eigenvalue weighted by Crippen LogP contribution is -2.04. The number of carbonyl (C=O) groups excluding carboxylic acids is 2. The molecular weight excluding hydrogens is 897 g/mol. The standard InChI is InChI=1S/C64H42O4S2/c65-59-34-32-51(63(59)57-37-55(43-18-9-3-10-19-43)61(67-47-24-28-49(69)29-25-47)39-53(57)41-14-5-1-6-15-41)45-22-13-23-46(36-45)52-33-35-60(66)64(52)58-38-56(44-20-11-4-12-21-44)62(68-48-26-30-50(70)31-27-48)40-54(58)42-16-7-2-8-17-42/h1-28,30,32-40H,29,31H2. The van der Waals surface area contributed by atoms with Crippen molar-refractivity contribution in [3.63, 3.8) is 0 Å². The molecule has 0 spiro atoms. The summed E-state index contributed by atoms with van der Waals surface area (Å²) in [5, 5.41) is 0. The molecule has 4 nitrogen and oxygen atoms in total. The Hall–Kier alpha value is -8.42. The van der Waals surface area contributed by atoms with E-state index in [0.29, 0.717) is 47.0 Å². The fourth-order valence-corrected chi connectivity index (χ4v) is 9.68. The first kappa shape index (κ1) is 44.1. The van der Waals surface area contributed by atoms with Crippen LogP contribution >= 0.6 is 24.4 Å². The van der Waals surface area contributed by atoms with Crippen molar-refractivity contribution in [2.24, 2.45) is 0 Å². The molecule has 11 rings (SSSR count). The van der Waals surface area contributed by atoms with Gasteiger partial charge in [0.25, 0.3) is 0 Å². The van der Waals surface area contributed by atoms with Crippen LogP contribution in [0.25, 0.3) is 66.8 Å². The van der Waals surface area contributed by atoms with Crippen LogP contribution in [0.1, 0.15) is 35.1 Å². The highest BCUT2D eigenvalue weighted by Crippen LogP contribution is 2.47. The molecule has 0 fully saturated rings. The number of benzene rings is 7. The van der Waals surface area contributed by atoms with Gasteiger partial charge in [0.2, 0.25) is 0 Å². The average Bonchev–Trinajstić information content (AvgIpc) is 4.00. The molecule has 0 saturated carbocycles. The first-order chi connectivity index (χ1) is 34.3. The molecule has 0 heterocycles. The molecule has 0 aromatic heterocycles.